The van der Waals surface area contributed by atoms with Gasteiger partial charge in [-0.05, 0) is 66.6 Å². The lowest BCUT2D eigenvalue weighted by atomic mass is 9.85. The van der Waals surface area contributed by atoms with Gasteiger partial charge in [-0.2, -0.15) is 4.57 Å². The predicted molar refractivity (Wildman–Crippen MR) is 130 cm³/mol. The van der Waals surface area contributed by atoms with Gasteiger partial charge in [-0.25, -0.2) is 4.39 Å². The highest BCUT2D eigenvalue weighted by Gasteiger charge is 2.26. The highest BCUT2D eigenvalue weighted by atomic mass is 19.1. The van der Waals surface area contributed by atoms with Crippen molar-refractivity contribution >= 4 is 32.8 Å². The van der Waals surface area contributed by atoms with Crippen LogP contribution in [0.4, 0.5) is 4.39 Å². The molecule has 0 radical (unpaired) electrons. The maximum atomic E-state index is 14.2. The van der Waals surface area contributed by atoms with Crippen molar-refractivity contribution in [3.05, 3.63) is 77.1 Å². The van der Waals surface area contributed by atoms with Crippen molar-refractivity contribution in [3.8, 4) is 11.3 Å². The SMILES string of the molecule is Cc1cc2c(oc3ccccc32)c(-c2cc(CC(C)(C)C)c3cc(F)ccc3[n+]2C)c1C. The van der Waals surface area contributed by atoms with E-state index in [4.69, 9.17) is 4.42 Å². The second-order valence-corrected chi connectivity index (χ2v) is 10.2. The third-order valence-electron chi connectivity index (χ3n) is 6.50. The number of furan rings is 1. The van der Waals surface area contributed by atoms with Crippen LogP contribution in [0.5, 0.6) is 0 Å². The fourth-order valence-electron chi connectivity index (χ4n) is 4.88. The third-order valence-corrected chi connectivity index (χ3v) is 6.50. The maximum absolute atomic E-state index is 14.2. The Bertz CT molecular complexity index is 1520. The van der Waals surface area contributed by atoms with Crippen molar-refractivity contribution in [1.29, 1.82) is 0 Å². The van der Waals surface area contributed by atoms with Crippen molar-refractivity contribution in [3.63, 3.8) is 0 Å². The van der Waals surface area contributed by atoms with E-state index in [0.29, 0.717) is 0 Å². The summed E-state index contributed by atoms with van der Waals surface area (Å²) in [7, 11) is 2.06. The first-order chi connectivity index (χ1) is 15.1. The van der Waals surface area contributed by atoms with E-state index in [1.54, 1.807) is 12.1 Å². The van der Waals surface area contributed by atoms with Crippen LogP contribution in [0.2, 0.25) is 0 Å². The minimum Gasteiger partial charge on any atom is -0.455 e. The van der Waals surface area contributed by atoms with Crippen molar-refractivity contribution in [2.75, 3.05) is 0 Å². The summed E-state index contributed by atoms with van der Waals surface area (Å²) in [6, 6.07) is 17.8. The van der Waals surface area contributed by atoms with E-state index in [1.807, 2.05) is 18.2 Å². The van der Waals surface area contributed by atoms with Gasteiger partial charge in [0.15, 0.2) is 0 Å². The number of rotatable bonds is 2. The lowest BCUT2D eigenvalue weighted by molar-refractivity contribution is -0.633. The second-order valence-electron chi connectivity index (χ2n) is 10.2. The zero-order valence-electron chi connectivity index (χ0n) is 19.6. The molecule has 0 N–H and O–H groups in total. The number of hydrogen-bond donors (Lipinski definition) is 0. The molecule has 0 saturated heterocycles. The number of pyridine rings is 1. The molecule has 2 aromatic heterocycles. The molecular weight excluding hydrogens is 397 g/mol. The average molecular weight is 427 g/mol. The lowest BCUT2D eigenvalue weighted by Gasteiger charge is -2.20. The number of hydrogen-bond acceptors (Lipinski definition) is 1. The van der Waals surface area contributed by atoms with Crippen LogP contribution in [-0.4, -0.2) is 0 Å². The number of nitrogens with zero attached hydrogens (tertiary/aromatic N) is 1. The standard InChI is InChI=1S/C29H29FNO/c1-17-13-23-21-9-7-8-10-26(21)32-28(23)27(18(17)2)25-14-19(16-29(3,4)5)22-15-20(30)11-12-24(22)31(25)6/h7-15H,16H2,1-6H3/q+1. The van der Waals surface area contributed by atoms with Gasteiger partial charge in [0.05, 0.1) is 10.9 Å². The van der Waals surface area contributed by atoms with Crippen molar-refractivity contribution in [2.24, 2.45) is 12.5 Å². The highest BCUT2D eigenvalue weighted by molar-refractivity contribution is 6.10. The van der Waals surface area contributed by atoms with E-state index in [0.717, 1.165) is 56.1 Å². The highest BCUT2D eigenvalue weighted by Crippen LogP contribution is 2.39. The lowest BCUT2D eigenvalue weighted by Crippen LogP contribution is -2.33. The van der Waals surface area contributed by atoms with E-state index in [2.05, 4.69) is 70.5 Å². The molecule has 0 amide bonds. The normalized spacial score (nSPS) is 12.3. The van der Waals surface area contributed by atoms with E-state index < -0.39 is 0 Å². The summed E-state index contributed by atoms with van der Waals surface area (Å²) in [6.45, 7) is 11.0. The van der Waals surface area contributed by atoms with Crippen LogP contribution >= 0.6 is 0 Å². The van der Waals surface area contributed by atoms with Crippen molar-refractivity contribution < 1.29 is 13.4 Å². The summed E-state index contributed by atoms with van der Waals surface area (Å²) in [5.74, 6) is -0.202. The Kier molecular flexibility index (Phi) is 4.63. The van der Waals surface area contributed by atoms with Crippen molar-refractivity contribution in [1.82, 2.24) is 0 Å². The Morgan fingerprint density at radius 1 is 0.906 bits per heavy atom. The molecule has 0 aliphatic carbocycles. The minimum absolute atomic E-state index is 0.0762. The molecule has 0 spiro atoms. The molecule has 5 aromatic rings. The summed E-state index contributed by atoms with van der Waals surface area (Å²) in [6.07, 6.45) is 0.856. The Balaban J connectivity index is 1.92. The first kappa shape index (κ1) is 20.7. The smallest absolute Gasteiger partial charge is 0.217 e. The predicted octanol–water partition coefficient (Wildman–Crippen LogP) is 7.58. The fraction of sp³-hybridized carbons (Fsp3) is 0.276. The van der Waals surface area contributed by atoms with Gasteiger partial charge in [0.2, 0.25) is 11.2 Å². The Labute approximate surface area is 188 Å². The molecule has 2 nitrogen and oxygen atoms in total. The molecule has 0 saturated carbocycles. The van der Waals surface area contributed by atoms with E-state index in [9.17, 15) is 4.39 Å². The van der Waals surface area contributed by atoms with Gasteiger partial charge >= 0.3 is 0 Å². The molecule has 32 heavy (non-hydrogen) atoms. The van der Waals surface area contributed by atoms with Gasteiger partial charge in [0.25, 0.3) is 0 Å². The van der Waals surface area contributed by atoms with Crippen LogP contribution in [-0.2, 0) is 13.5 Å². The molecule has 2 heterocycles. The van der Waals surface area contributed by atoms with Gasteiger partial charge < -0.3 is 4.42 Å². The minimum atomic E-state index is -0.202. The zero-order valence-corrected chi connectivity index (χ0v) is 19.6. The zero-order chi connectivity index (χ0) is 22.8. The molecule has 162 valence electrons. The molecule has 0 fully saturated rings. The van der Waals surface area contributed by atoms with Crippen molar-refractivity contribution in [2.45, 2.75) is 41.0 Å². The number of aryl methyl sites for hydroxylation is 2. The summed E-state index contributed by atoms with van der Waals surface area (Å²) in [4.78, 5) is 0. The largest absolute Gasteiger partial charge is 0.455 e. The molecule has 0 atom stereocenters. The molecule has 0 unspecified atom stereocenters. The molecule has 0 bridgehead atoms. The topological polar surface area (TPSA) is 17.0 Å². The Hall–Kier alpha value is -3.20. The quantitative estimate of drug-likeness (QED) is 0.266. The molecular formula is C29H29FNO+. The van der Waals surface area contributed by atoms with Gasteiger partial charge in [-0.3, -0.25) is 0 Å². The van der Waals surface area contributed by atoms with Gasteiger partial charge in [0.1, 0.15) is 24.0 Å². The first-order valence-electron chi connectivity index (χ1n) is 11.2. The second kappa shape index (κ2) is 7.16. The van der Waals surface area contributed by atoms with E-state index in [-0.39, 0.29) is 11.2 Å². The number of halogens is 1. The Morgan fingerprint density at radius 2 is 1.66 bits per heavy atom. The van der Waals surface area contributed by atoms with Crippen LogP contribution in [0, 0.1) is 25.1 Å². The molecule has 5 rings (SSSR count). The van der Waals surface area contributed by atoms with E-state index >= 15 is 0 Å². The fourth-order valence-corrected chi connectivity index (χ4v) is 4.88. The molecule has 0 aliphatic heterocycles. The van der Waals surface area contributed by atoms with Crippen LogP contribution in [0.1, 0.15) is 37.5 Å². The van der Waals surface area contributed by atoms with Gasteiger partial charge in [-0.1, -0.05) is 39.0 Å². The number of para-hydroxylation sites is 1. The first-order valence-corrected chi connectivity index (χ1v) is 11.2. The van der Waals surface area contributed by atoms with Crippen LogP contribution < -0.4 is 4.57 Å². The maximum Gasteiger partial charge on any atom is 0.217 e. The van der Waals surface area contributed by atoms with Crippen LogP contribution in [0.3, 0.4) is 0 Å². The number of fused-ring (bicyclic) bond motifs is 4. The van der Waals surface area contributed by atoms with E-state index in [1.165, 1.54) is 11.1 Å². The van der Waals surface area contributed by atoms with Gasteiger partial charge in [0, 0.05) is 22.9 Å². The monoisotopic (exact) mass is 426 g/mol. The number of aromatic nitrogens is 1. The summed E-state index contributed by atoms with van der Waals surface area (Å²) in [5, 5.41) is 3.24. The number of benzene rings is 3. The molecule has 3 heteroatoms. The van der Waals surface area contributed by atoms with Crippen LogP contribution in [0.15, 0.2) is 59.0 Å². The molecule has 0 aliphatic rings. The average Bonchev–Trinajstić information content (AvgIpc) is 3.08. The Morgan fingerprint density at radius 3 is 2.41 bits per heavy atom. The molecule has 3 aromatic carbocycles. The summed E-state index contributed by atoms with van der Waals surface area (Å²) < 4.78 is 22.8. The van der Waals surface area contributed by atoms with Crippen LogP contribution in [0.25, 0.3) is 44.1 Å². The third kappa shape index (κ3) is 3.28. The van der Waals surface area contributed by atoms with Gasteiger partial charge in [-0.15, -0.1) is 0 Å². The summed E-state index contributed by atoms with van der Waals surface area (Å²) >= 11 is 0. The summed E-state index contributed by atoms with van der Waals surface area (Å²) in [5.41, 5.74) is 8.70.